The van der Waals surface area contributed by atoms with Crippen LogP contribution in [0.1, 0.15) is 44.1 Å². The second-order valence-corrected chi connectivity index (χ2v) is 16.0. The largest absolute Gasteiger partial charge is 0.456 e. The number of hydrogen-bond donors (Lipinski definition) is 0. The van der Waals surface area contributed by atoms with Gasteiger partial charge in [0.1, 0.15) is 11.2 Å². The molecule has 0 amide bonds. The summed E-state index contributed by atoms with van der Waals surface area (Å²) in [7, 11) is 0. The van der Waals surface area contributed by atoms with Crippen LogP contribution in [0.5, 0.6) is 0 Å². The Morgan fingerprint density at radius 3 is 1.69 bits per heavy atom. The molecule has 4 saturated carbocycles. The van der Waals surface area contributed by atoms with E-state index in [1.165, 1.54) is 77.2 Å². The van der Waals surface area contributed by atoms with Crippen LogP contribution in [0.15, 0.2) is 162 Å². The van der Waals surface area contributed by atoms with Crippen LogP contribution in [-0.4, -0.2) is 0 Å². The minimum atomic E-state index is 0.373. The van der Waals surface area contributed by atoms with Gasteiger partial charge >= 0.3 is 0 Å². The number of nitrogens with zero attached hydrogens (tertiary/aromatic N) is 1. The molecule has 252 valence electrons. The molecule has 4 aliphatic rings. The van der Waals surface area contributed by atoms with Crippen molar-refractivity contribution in [3.8, 4) is 22.3 Å². The van der Waals surface area contributed by atoms with Gasteiger partial charge in [-0.1, -0.05) is 115 Å². The molecule has 0 N–H and O–H groups in total. The summed E-state index contributed by atoms with van der Waals surface area (Å²) in [4.78, 5) is 2.44. The molecule has 12 rings (SSSR count). The summed E-state index contributed by atoms with van der Waals surface area (Å²) < 4.78 is 6.41. The highest BCUT2D eigenvalue weighted by atomic mass is 16.3. The van der Waals surface area contributed by atoms with Crippen molar-refractivity contribution in [2.75, 3.05) is 4.90 Å². The third-order valence-electron chi connectivity index (χ3n) is 12.8. The third-order valence-corrected chi connectivity index (χ3v) is 12.8. The summed E-state index contributed by atoms with van der Waals surface area (Å²) in [6.07, 6.45) is 8.54. The first-order valence-corrected chi connectivity index (χ1v) is 19.2. The average Bonchev–Trinajstić information content (AvgIpc) is 3.57. The maximum atomic E-state index is 6.41. The molecule has 7 aromatic carbocycles. The first kappa shape index (κ1) is 30.1. The predicted molar refractivity (Wildman–Crippen MR) is 217 cm³/mol. The summed E-state index contributed by atoms with van der Waals surface area (Å²) in [6.45, 7) is 0. The quantitative estimate of drug-likeness (QED) is 0.175. The van der Waals surface area contributed by atoms with Crippen LogP contribution >= 0.6 is 0 Å². The molecule has 1 heterocycles. The van der Waals surface area contributed by atoms with Gasteiger partial charge < -0.3 is 9.32 Å². The Labute approximate surface area is 305 Å². The van der Waals surface area contributed by atoms with Crippen LogP contribution in [0.2, 0.25) is 0 Å². The zero-order valence-electron chi connectivity index (χ0n) is 29.3. The summed E-state index contributed by atoms with van der Waals surface area (Å²) >= 11 is 0. The summed E-state index contributed by atoms with van der Waals surface area (Å²) in [6, 6.07) is 57.9. The molecule has 0 unspecified atom stereocenters. The van der Waals surface area contributed by atoms with Crippen LogP contribution in [0.3, 0.4) is 0 Å². The van der Waals surface area contributed by atoms with Gasteiger partial charge in [-0.3, -0.25) is 0 Å². The second kappa shape index (κ2) is 11.7. The van der Waals surface area contributed by atoms with Crippen LogP contribution < -0.4 is 4.90 Å². The van der Waals surface area contributed by atoms with E-state index < -0.39 is 0 Å². The molecule has 1 aromatic heterocycles. The van der Waals surface area contributed by atoms with Gasteiger partial charge in [0.05, 0.1) is 11.1 Å². The molecular weight excluding hydrogens is 631 g/mol. The first-order chi connectivity index (χ1) is 25.7. The monoisotopic (exact) mass is 671 g/mol. The normalized spacial score (nSPS) is 22.0. The van der Waals surface area contributed by atoms with E-state index in [4.69, 9.17) is 4.42 Å². The minimum absolute atomic E-state index is 0.373. The van der Waals surface area contributed by atoms with Crippen molar-refractivity contribution < 1.29 is 4.42 Å². The van der Waals surface area contributed by atoms with Gasteiger partial charge in [0, 0.05) is 16.8 Å². The molecular formula is C50H41NO. The Morgan fingerprint density at radius 2 is 1.02 bits per heavy atom. The lowest BCUT2D eigenvalue weighted by atomic mass is 9.48. The van der Waals surface area contributed by atoms with E-state index in [1.807, 2.05) is 0 Å². The smallest absolute Gasteiger partial charge is 0.137 e. The van der Waals surface area contributed by atoms with E-state index in [2.05, 4.69) is 163 Å². The fourth-order valence-corrected chi connectivity index (χ4v) is 11.0. The Morgan fingerprint density at radius 1 is 0.462 bits per heavy atom. The maximum Gasteiger partial charge on any atom is 0.137 e. The summed E-state index contributed by atoms with van der Waals surface area (Å²) in [5.74, 6) is 2.79. The molecule has 2 heteroatoms. The van der Waals surface area contributed by atoms with Gasteiger partial charge in [-0.15, -0.1) is 0 Å². The second-order valence-electron chi connectivity index (χ2n) is 16.0. The van der Waals surface area contributed by atoms with E-state index in [0.29, 0.717) is 5.41 Å². The van der Waals surface area contributed by atoms with Gasteiger partial charge in [0.2, 0.25) is 0 Å². The molecule has 0 saturated heterocycles. The lowest BCUT2D eigenvalue weighted by molar-refractivity contribution is -0.00518. The van der Waals surface area contributed by atoms with Crippen molar-refractivity contribution >= 4 is 49.8 Å². The van der Waals surface area contributed by atoms with Crippen molar-refractivity contribution in [2.24, 2.45) is 17.8 Å². The summed E-state index contributed by atoms with van der Waals surface area (Å²) in [5.41, 5.74) is 12.2. The fourth-order valence-electron chi connectivity index (χ4n) is 11.0. The van der Waals surface area contributed by atoms with Crippen LogP contribution in [0.4, 0.5) is 17.1 Å². The van der Waals surface area contributed by atoms with Crippen LogP contribution in [-0.2, 0) is 5.41 Å². The van der Waals surface area contributed by atoms with Crippen LogP contribution in [0, 0.1) is 17.8 Å². The number of rotatable bonds is 6. The zero-order chi connectivity index (χ0) is 34.2. The van der Waals surface area contributed by atoms with E-state index in [-0.39, 0.29) is 0 Å². The maximum absolute atomic E-state index is 6.41. The highest BCUT2D eigenvalue weighted by Crippen LogP contribution is 2.61. The molecule has 0 spiro atoms. The van der Waals surface area contributed by atoms with Gasteiger partial charge in [0.15, 0.2) is 0 Å². The number of furan rings is 1. The molecule has 0 radical (unpaired) electrons. The van der Waals surface area contributed by atoms with E-state index in [9.17, 15) is 0 Å². The molecule has 4 aliphatic carbocycles. The van der Waals surface area contributed by atoms with Crippen molar-refractivity contribution in [2.45, 2.75) is 43.9 Å². The van der Waals surface area contributed by atoms with Crippen molar-refractivity contribution in [1.29, 1.82) is 0 Å². The minimum Gasteiger partial charge on any atom is -0.456 e. The van der Waals surface area contributed by atoms with Crippen molar-refractivity contribution in [3.63, 3.8) is 0 Å². The molecule has 4 bridgehead atoms. The lowest BCUT2D eigenvalue weighted by Crippen LogP contribution is -2.48. The lowest BCUT2D eigenvalue weighted by Gasteiger charge is -2.57. The van der Waals surface area contributed by atoms with Crippen molar-refractivity contribution in [1.82, 2.24) is 0 Å². The Balaban J connectivity index is 1.05. The topological polar surface area (TPSA) is 16.4 Å². The Hall–Kier alpha value is -5.60. The predicted octanol–water partition coefficient (Wildman–Crippen LogP) is 14.0. The van der Waals surface area contributed by atoms with Gasteiger partial charge in [-0.05, 0) is 143 Å². The molecule has 4 fully saturated rings. The fraction of sp³-hybridized carbons (Fsp3) is 0.200. The SMILES string of the molecule is c1ccc(-c2cccc3cccc(-c4ccc(N(c5ccc(C67CC8CC(CC(C8)C6)C7)cc5)c5cccc6oc7ccccc7c56)cc4)c23)cc1. The molecule has 8 aromatic rings. The van der Waals surface area contributed by atoms with E-state index in [1.54, 1.807) is 5.56 Å². The number of fused-ring (bicyclic) bond motifs is 4. The van der Waals surface area contributed by atoms with Gasteiger partial charge in [-0.2, -0.15) is 0 Å². The van der Waals surface area contributed by atoms with E-state index in [0.717, 1.165) is 51.1 Å². The van der Waals surface area contributed by atoms with Gasteiger partial charge in [0.25, 0.3) is 0 Å². The van der Waals surface area contributed by atoms with Gasteiger partial charge in [-0.25, -0.2) is 0 Å². The average molecular weight is 672 g/mol. The molecule has 0 aliphatic heterocycles. The Kier molecular flexibility index (Phi) is 6.77. The third kappa shape index (κ3) is 4.77. The highest BCUT2D eigenvalue weighted by Gasteiger charge is 2.51. The van der Waals surface area contributed by atoms with Crippen LogP contribution in [0.25, 0.3) is 55.0 Å². The highest BCUT2D eigenvalue weighted by molar-refractivity contribution is 6.13. The van der Waals surface area contributed by atoms with Crippen molar-refractivity contribution in [3.05, 3.63) is 163 Å². The molecule has 2 nitrogen and oxygen atoms in total. The van der Waals surface area contributed by atoms with E-state index >= 15 is 0 Å². The number of para-hydroxylation sites is 1. The number of benzene rings is 7. The molecule has 0 atom stereocenters. The Bertz CT molecular complexity index is 2550. The number of hydrogen-bond acceptors (Lipinski definition) is 2. The standard InChI is InChI=1S/C50H41NO/c1-2-9-36(10-3-1)42-14-6-11-38-12-7-15-43(48(38)42)37-19-23-40(24-20-37)51(45-16-8-18-47-49(45)44-13-4-5-17-46(44)52-47)41-25-21-39(22-26-41)50-30-33-27-34(31-50)29-35(28-33)32-50/h1-26,33-35H,27-32H2. The number of anilines is 3. The first-order valence-electron chi connectivity index (χ1n) is 19.2. The zero-order valence-corrected chi connectivity index (χ0v) is 29.3. The molecule has 52 heavy (non-hydrogen) atoms. The summed E-state index contributed by atoms with van der Waals surface area (Å²) in [5, 5.41) is 4.83.